The second-order valence-electron chi connectivity index (χ2n) is 7.07. The van der Waals surface area contributed by atoms with Gasteiger partial charge in [0.25, 0.3) is 0 Å². The van der Waals surface area contributed by atoms with Crippen LogP contribution in [0.4, 0.5) is 14.0 Å². The van der Waals surface area contributed by atoms with Crippen LogP contribution in [0.5, 0.6) is 0 Å². The van der Waals surface area contributed by atoms with Gasteiger partial charge < -0.3 is 20.9 Å². The number of likely N-dealkylation sites (tertiary alicyclic amines) is 1. The van der Waals surface area contributed by atoms with Crippen LogP contribution in [0.2, 0.25) is 0 Å². The van der Waals surface area contributed by atoms with Crippen LogP contribution in [0.15, 0.2) is 12.1 Å². The van der Waals surface area contributed by atoms with Gasteiger partial charge in [-0.05, 0) is 50.7 Å². The molecule has 8 heteroatoms. The Morgan fingerprint density at radius 2 is 1.93 bits per heavy atom. The second kappa shape index (κ2) is 10.5. The molecule has 0 aromatic heterocycles. The first kappa shape index (κ1) is 21.5. The van der Waals surface area contributed by atoms with Gasteiger partial charge in [0.05, 0.1) is 11.6 Å². The molecule has 1 saturated carbocycles. The van der Waals surface area contributed by atoms with Crippen LogP contribution in [0.1, 0.15) is 48.8 Å². The average Bonchev–Trinajstić information content (AvgIpc) is 3.53. The summed E-state index contributed by atoms with van der Waals surface area (Å²) in [5, 5.41) is 16.8. The van der Waals surface area contributed by atoms with E-state index >= 15 is 0 Å². The fourth-order valence-electron chi connectivity index (χ4n) is 2.86. The predicted molar refractivity (Wildman–Crippen MR) is 104 cm³/mol. The molecule has 0 bridgehead atoms. The Kier molecular flexibility index (Phi) is 8.05. The van der Waals surface area contributed by atoms with E-state index in [-0.39, 0.29) is 18.6 Å². The van der Waals surface area contributed by atoms with E-state index in [1.54, 1.807) is 24.9 Å². The maximum absolute atomic E-state index is 13.8. The summed E-state index contributed by atoms with van der Waals surface area (Å²) < 4.78 is 13.8. The number of nitriles is 1. The van der Waals surface area contributed by atoms with Crippen molar-refractivity contribution in [1.29, 1.82) is 5.26 Å². The monoisotopic (exact) mass is 389 g/mol. The summed E-state index contributed by atoms with van der Waals surface area (Å²) in [7, 11) is 1.62. The molecule has 3 N–H and O–H groups in total. The highest BCUT2D eigenvalue weighted by Gasteiger charge is 2.22. The maximum atomic E-state index is 13.8. The van der Waals surface area contributed by atoms with Gasteiger partial charge >= 0.3 is 12.1 Å². The molecule has 0 atom stereocenters. The quantitative estimate of drug-likeness (QED) is 0.741. The zero-order valence-electron chi connectivity index (χ0n) is 16.5. The summed E-state index contributed by atoms with van der Waals surface area (Å²) in [5.41, 5.74) is 1.46. The van der Waals surface area contributed by atoms with E-state index in [0.717, 1.165) is 50.8 Å². The second-order valence-corrected chi connectivity index (χ2v) is 7.07. The lowest BCUT2D eigenvalue weighted by Gasteiger charge is -2.26. The van der Waals surface area contributed by atoms with E-state index < -0.39 is 5.82 Å². The molecule has 0 radical (unpaired) electrons. The minimum Gasteiger partial charge on any atom is -0.341 e. The van der Waals surface area contributed by atoms with Gasteiger partial charge in [0.2, 0.25) is 0 Å². The number of hydrogen-bond acceptors (Lipinski definition) is 3. The first-order valence-electron chi connectivity index (χ1n) is 9.64. The standard InChI is InChI=1S/C15H18FN3O.C5H10N2O/c1-11-7-13(14(16)8-12(11)9-17)10-18-15(20)19-5-3-2-4-6-19;1-6-5(8)7-4-2-3-4/h7-8H,2-6,10H2,1H3,(H,18,20);4H,2-3H2,1H3,(H2,6,7,8). The fourth-order valence-corrected chi connectivity index (χ4v) is 2.86. The van der Waals surface area contributed by atoms with Crippen molar-refractivity contribution < 1.29 is 14.0 Å². The van der Waals surface area contributed by atoms with Crippen molar-refractivity contribution in [3.63, 3.8) is 0 Å². The van der Waals surface area contributed by atoms with Crippen molar-refractivity contribution in [2.24, 2.45) is 0 Å². The Morgan fingerprint density at radius 3 is 2.50 bits per heavy atom. The number of piperidine rings is 1. The van der Waals surface area contributed by atoms with Crippen LogP contribution in [0.25, 0.3) is 0 Å². The molecule has 1 aromatic rings. The molecule has 1 aliphatic heterocycles. The molecule has 0 spiro atoms. The van der Waals surface area contributed by atoms with Gasteiger partial charge in [0.15, 0.2) is 0 Å². The van der Waals surface area contributed by atoms with E-state index in [9.17, 15) is 14.0 Å². The number of amides is 4. The van der Waals surface area contributed by atoms with Crippen molar-refractivity contribution in [3.05, 3.63) is 34.6 Å². The molecule has 2 aliphatic rings. The molecule has 28 heavy (non-hydrogen) atoms. The molecule has 3 rings (SSSR count). The first-order valence-corrected chi connectivity index (χ1v) is 9.64. The molecule has 1 aromatic carbocycles. The molecule has 4 amide bonds. The van der Waals surface area contributed by atoms with Crippen molar-refractivity contribution in [2.75, 3.05) is 20.1 Å². The third kappa shape index (κ3) is 6.72. The minimum absolute atomic E-state index is 0.0625. The third-order valence-corrected chi connectivity index (χ3v) is 4.73. The van der Waals surface area contributed by atoms with Crippen LogP contribution in [-0.4, -0.2) is 43.1 Å². The molecule has 152 valence electrons. The molecule has 1 saturated heterocycles. The highest BCUT2D eigenvalue weighted by atomic mass is 19.1. The molecule has 1 aliphatic carbocycles. The number of nitrogens with zero attached hydrogens (tertiary/aromatic N) is 2. The largest absolute Gasteiger partial charge is 0.341 e. The van der Waals surface area contributed by atoms with Gasteiger partial charge in [0, 0.05) is 38.3 Å². The van der Waals surface area contributed by atoms with E-state index in [0.29, 0.717) is 17.2 Å². The molecule has 1 heterocycles. The lowest BCUT2D eigenvalue weighted by atomic mass is 10.1. The maximum Gasteiger partial charge on any atom is 0.317 e. The number of rotatable bonds is 3. The van der Waals surface area contributed by atoms with E-state index in [1.165, 1.54) is 6.07 Å². The van der Waals surface area contributed by atoms with Gasteiger partial charge in [-0.2, -0.15) is 5.26 Å². The number of urea groups is 2. The Labute approximate surface area is 165 Å². The van der Waals surface area contributed by atoms with Gasteiger partial charge in [-0.25, -0.2) is 14.0 Å². The Balaban J connectivity index is 0.000000292. The summed E-state index contributed by atoms with van der Waals surface area (Å²) in [6, 6.07) is 5.04. The number of nitrogens with one attached hydrogen (secondary N) is 3. The SMILES string of the molecule is CNC(=O)NC1CC1.Cc1cc(CNC(=O)N2CCCCC2)c(F)cc1C#N. The minimum atomic E-state index is -0.453. The zero-order chi connectivity index (χ0) is 20.5. The smallest absolute Gasteiger partial charge is 0.317 e. The van der Waals surface area contributed by atoms with Crippen molar-refractivity contribution in [2.45, 2.75) is 51.6 Å². The molecule has 7 nitrogen and oxygen atoms in total. The number of carbonyl (C=O) groups excluding carboxylic acids is 2. The number of carbonyl (C=O) groups is 2. The summed E-state index contributed by atoms with van der Waals surface area (Å²) in [4.78, 5) is 24.1. The van der Waals surface area contributed by atoms with Crippen LogP contribution >= 0.6 is 0 Å². The summed E-state index contributed by atoms with van der Waals surface area (Å²) in [6.07, 6.45) is 5.50. The van der Waals surface area contributed by atoms with Crippen molar-refractivity contribution in [3.8, 4) is 6.07 Å². The zero-order valence-corrected chi connectivity index (χ0v) is 16.5. The molecular weight excluding hydrogens is 361 g/mol. The highest BCUT2D eigenvalue weighted by molar-refractivity contribution is 5.74. The van der Waals surface area contributed by atoms with Gasteiger partial charge in [-0.3, -0.25) is 0 Å². The summed E-state index contributed by atoms with van der Waals surface area (Å²) in [5.74, 6) is -0.453. The fraction of sp³-hybridized carbons (Fsp3) is 0.550. The Hall–Kier alpha value is -2.82. The highest BCUT2D eigenvalue weighted by Crippen LogP contribution is 2.18. The van der Waals surface area contributed by atoms with E-state index in [4.69, 9.17) is 5.26 Å². The number of benzene rings is 1. The van der Waals surface area contributed by atoms with Crippen molar-refractivity contribution >= 4 is 12.1 Å². The number of halogens is 1. The number of hydrogen-bond donors (Lipinski definition) is 3. The number of aryl methyl sites for hydroxylation is 1. The average molecular weight is 389 g/mol. The van der Waals surface area contributed by atoms with Gasteiger partial charge in [0.1, 0.15) is 5.82 Å². The van der Waals surface area contributed by atoms with Crippen LogP contribution in [-0.2, 0) is 6.54 Å². The summed E-state index contributed by atoms with van der Waals surface area (Å²) in [6.45, 7) is 3.43. The summed E-state index contributed by atoms with van der Waals surface area (Å²) >= 11 is 0. The third-order valence-electron chi connectivity index (χ3n) is 4.73. The van der Waals surface area contributed by atoms with E-state index in [2.05, 4.69) is 16.0 Å². The van der Waals surface area contributed by atoms with Crippen LogP contribution < -0.4 is 16.0 Å². The van der Waals surface area contributed by atoms with Crippen molar-refractivity contribution in [1.82, 2.24) is 20.9 Å². The van der Waals surface area contributed by atoms with Crippen LogP contribution in [0, 0.1) is 24.1 Å². The Morgan fingerprint density at radius 1 is 1.25 bits per heavy atom. The molecule has 2 fully saturated rings. The van der Waals surface area contributed by atoms with Gasteiger partial charge in [-0.1, -0.05) is 6.07 Å². The first-order chi connectivity index (χ1) is 13.4. The molecule has 0 unspecified atom stereocenters. The van der Waals surface area contributed by atoms with E-state index in [1.807, 2.05) is 6.07 Å². The normalized spacial score (nSPS) is 15.6. The topological polar surface area (TPSA) is 97.3 Å². The molecular formula is C20H28FN5O2. The Bertz CT molecular complexity index is 737. The lowest BCUT2D eigenvalue weighted by molar-refractivity contribution is 0.186. The lowest BCUT2D eigenvalue weighted by Crippen LogP contribution is -2.42. The van der Waals surface area contributed by atoms with Crippen LogP contribution in [0.3, 0.4) is 0 Å². The van der Waals surface area contributed by atoms with Gasteiger partial charge in [-0.15, -0.1) is 0 Å². The predicted octanol–water partition coefficient (Wildman–Crippen LogP) is 2.78.